The first-order valence-electron chi connectivity index (χ1n) is 10.8. The average Bonchev–Trinajstić information content (AvgIpc) is 3.17. The number of rotatable bonds is 6. The molecule has 1 aliphatic heterocycles. The van der Waals surface area contributed by atoms with Crippen LogP contribution in [0.25, 0.3) is 11.3 Å². The highest BCUT2D eigenvalue weighted by atomic mass is 32.2. The highest BCUT2D eigenvalue weighted by Gasteiger charge is 2.49. The Balaban J connectivity index is 1.49. The van der Waals surface area contributed by atoms with Crippen LogP contribution < -0.4 is 5.32 Å². The molecule has 1 saturated heterocycles. The molecule has 15 heteroatoms. The first-order chi connectivity index (χ1) is 17.4. The molecule has 2 aromatic heterocycles. The van der Waals surface area contributed by atoms with Gasteiger partial charge in [-0.2, -0.15) is 17.5 Å². The maximum Gasteiger partial charge on any atom is 0.451 e. The molecule has 1 fully saturated rings. The van der Waals surface area contributed by atoms with E-state index >= 15 is 0 Å². The van der Waals surface area contributed by atoms with Crippen LogP contribution in [0.5, 0.6) is 0 Å². The van der Waals surface area contributed by atoms with Crippen molar-refractivity contribution in [1.29, 1.82) is 0 Å². The van der Waals surface area contributed by atoms with Gasteiger partial charge in [0.2, 0.25) is 21.8 Å². The Kier molecular flexibility index (Phi) is 7.19. The summed E-state index contributed by atoms with van der Waals surface area (Å²) >= 11 is 0. The van der Waals surface area contributed by atoms with Crippen molar-refractivity contribution in [3.8, 4) is 11.3 Å². The van der Waals surface area contributed by atoms with Crippen LogP contribution in [0.15, 0.2) is 53.9 Å². The van der Waals surface area contributed by atoms with Gasteiger partial charge in [-0.1, -0.05) is 0 Å². The maximum atomic E-state index is 14.5. The van der Waals surface area contributed by atoms with Crippen LogP contribution >= 0.6 is 0 Å². The summed E-state index contributed by atoms with van der Waals surface area (Å²) in [6.07, 6.45) is -3.69. The Morgan fingerprint density at radius 2 is 1.76 bits per heavy atom. The van der Waals surface area contributed by atoms with Crippen molar-refractivity contribution in [1.82, 2.24) is 29.6 Å². The summed E-state index contributed by atoms with van der Waals surface area (Å²) in [5, 5.41) is 2.51. The molecular weight excluding hydrogens is 523 g/mol. The van der Waals surface area contributed by atoms with Crippen molar-refractivity contribution in [2.24, 2.45) is 0 Å². The molecule has 0 aliphatic carbocycles. The van der Waals surface area contributed by atoms with Crippen molar-refractivity contribution in [3.63, 3.8) is 0 Å². The lowest BCUT2D eigenvalue weighted by molar-refractivity contribution is -0.145. The van der Waals surface area contributed by atoms with E-state index in [-0.39, 0.29) is 34.8 Å². The molecule has 1 aromatic carbocycles. The highest BCUT2D eigenvalue weighted by molar-refractivity contribution is 7.89. The Hall–Kier alpha value is -3.59. The minimum absolute atomic E-state index is 0.171. The van der Waals surface area contributed by atoms with Crippen LogP contribution in [0, 0.1) is 5.82 Å². The first-order valence-corrected chi connectivity index (χ1v) is 12.2. The van der Waals surface area contributed by atoms with E-state index in [2.05, 4.69) is 25.3 Å². The van der Waals surface area contributed by atoms with Crippen LogP contribution in [0.1, 0.15) is 24.9 Å². The lowest BCUT2D eigenvalue weighted by atomic mass is 10.1. The van der Waals surface area contributed by atoms with Gasteiger partial charge in [0, 0.05) is 24.4 Å². The molecule has 0 spiro atoms. The van der Waals surface area contributed by atoms with E-state index in [0.717, 1.165) is 47.3 Å². The molecule has 0 unspecified atom stereocenters. The summed E-state index contributed by atoms with van der Waals surface area (Å²) in [6, 6.07) is 2.83. The number of sulfonamides is 1. The molecule has 9 nitrogen and oxygen atoms in total. The van der Waals surface area contributed by atoms with E-state index in [1.807, 2.05) is 0 Å². The van der Waals surface area contributed by atoms with E-state index in [9.17, 15) is 35.2 Å². The van der Waals surface area contributed by atoms with Gasteiger partial charge in [-0.15, -0.1) is 0 Å². The van der Waals surface area contributed by atoms with E-state index < -0.39 is 52.0 Å². The lowest BCUT2D eigenvalue weighted by Gasteiger charge is -2.26. The summed E-state index contributed by atoms with van der Waals surface area (Å²) in [5.41, 5.74) is 0.602. The van der Waals surface area contributed by atoms with E-state index in [4.69, 9.17) is 0 Å². The minimum atomic E-state index is -4.70. The number of nitrogens with zero attached hydrogens (tertiary/aromatic N) is 5. The zero-order valence-electron chi connectivity index (χ0n) is 19.0. The third kappa shape index (κ3) is 5.56. The zero-order valence-corrected chi connectivity index (χ0v) is 19.8. The predicted molar refractivity (Wildman–Crippen MR) is 118 cm³/mol. The number of halogens is 5. The van der Waals surface area contributed by atoms with Gasteiger partial charge in [0.15, 0.2) is 0 Å². The summed E-state index contributed by atoms with van der Waals surface area (Å²) < 4.78 is 92.9. The van der Waals surface area contributed by atoms with Gasteiger partial charge in [0.1, 0.15) is 24.4 Å². The topological polar surface area (TPSA) is 118 Å². The molecule has 0 saturated carbocycles. The molecule has 3 heterocycles. The van der Waals surface area contributed by atoms with Gasteiger partial charge in [0.05, 0.1) is 28.9 Å². The monoisotopic (exact) mass is 542 g/mol. The fourth-order valence-electron chi connectivity index (χ4n) is 3.85. The van der Waals surface area contributed by atoms with Crippen molar-refractivity contribution in [3.05, 3.63) is 66.4 Å². The summed E-state index contributed by atoms with van der Waals surface area (Å²) in [4.78, 5) is 27.1. The van der Waals surface area contributed by atoms with Crippen molar-refractivity contribution >= 4 is 15.9 Å². The Bertz CT molecular complexity index is 1390. The number of hydrogen-bond donors (Lipinski definition) is 1. The largest absolute Gasteiger partial charge is 0.451 e. The summed E-state index contributed by atoms with van der Waals surface area (Å²) in [7, 11) is -4.33. The van der Waals surface area contributed by atoms with Gasteiger partial charge in [-0.05, 0) is 37.3 Å². The van der Waals surface area contributed by atoms with Crippen molar-refractivity contribution in [2.45, 2.75) is 49.2 Å². The molecule has 0 radical (unpaired) electrons. The molecule has 0 bridgehead atoms. The molecule has 3 aromatic rings. The first kappa shape index (κ1) is 26.5. The number of carbonyl (C=O) groups is 1. The van der Waals surface area contributed by atoms with Gasteiger partial charge in [-0.25, -0.2) is 37.1 Å². The molecule has 4 rings (SSSR count). The van der Waals surface area contributed by atoms with Gasteiger partial charge in [-0.3, -0.25) is 4.79 Å². The summed E-state index contributed by atoms with van der Waals surface area (Å²) in [6.45, 7) is 1.13. The van der Waals surface area contributed by atoms with Gasteiger partial charge >= 0.3 is 6.18 Å². The molecule has 3 atom stereocenters. The molecule has 1 aliphatic rings. The van der Waals surface area contributed by atoms with Crippen LogP contribution in [0.3, 0.4) is 0 Å². The van der Waals surface area contributed by atoms with Crippen LogP contribution in [0.2, 0.25) is 0 Å². The second-order valence-electron chi connectivity index (χ2n) is 8.20. The Morgan fingerprint density at radius 1 is 1.11 bits per heavy atom. The van der Waals surface area contributed by atoms with Crippen molar-refractivity contribution in [2.75, 3.05) is 0 Å². The number of carbonyl (C=O) groups excluding carboxylic acids is 1. The molecule has 37 heavy (non-hydrogen) atoms. The molecular formula is C22H19F5N6O3S. The number of hydrogen-bond acceptors (Lipinski definition) is 7. The van der Waals surface area contributed by atoms with Crippen LogP contribution in [-0.2, 0) is 27.5 Å². The highest BCUT2D eigenvalue weighted by Crippen LogP contribution is 2.33. The van der Waals surface area contributed by atoms with E-state index in [1.165, 1.54) is 13.0 Å². The molecule has 1 amide bonds. The minimum Gasteiger partial charge on any atom is -0.349 e. The van der Waals surface area contributed by atoms with E-state index in [0.29, 0.717) is 0 Å². The molecule has 1 N–H and O–H groups in total. The molecule has 196 valence electrons. The second kappa shape index (κ2) is 10.0. The fourth-order valence-corrected chi connectivity index (χ4v) is 5.66. The third-order valence-corrected chi connectivity index (χ3v) is 7.75. The quantitative estimate of drug-likeness (QED) is 0.476. The lowest BCUT2D eigenvalue weighted by Crippen LogP contribution is -2.48. The number of amides is 1. The van der Waals surface area contributed by atoms with Crippen molar-refractivity contribution < 1.29 is 35.2 Å². The Morgan fingerprint density at radius 3 is 2.38 bits per heavy atom. The van der Waals surface area contributed by atoms with Crippen LogP contribution in [0.4, 0.5) is 22.0 Å². The standard InChI is InChI=1S/C22H19F5N6O3S/c1-12-17(24)7-19(33(12)37(35,36)16-4-2-14(23)3-5-16)20(34)28-10-15-6-18(32-11-31-15)13-8-29-21(30-9-13)22(25,26)27/h2-6,8-9,11-12,17,19H,7,10H2,1H3,(H,28,34)/t12-,17+,19-/m0/s1. The number of benzene rings is 1. The van der Waals surface area contributed by atoms with Crippen LogP contribution in [-0.4, -0.2) is 56.8 Å². The predicted octanol–water partition coefficient (Wildman–Crippen LogP) is 2.90. The SMILES string of the molecule is C[C@H]1[C@H](F)C[C@@H](C(=O)NCc2cc(-c3cnc(C(F)(F)F)nc3)ncn2)N1S(=O)(=O)c1ccc(F)cc1. The number of aromatic nitrogens is 4. The zero-order chi connectivity index (χ0) is 27.0. The maximum absolute atomic E-state index is 14.5. The van der Waals surface area contributed by atoms with E-state index in [1.54, 1.807) is 0 Å². The Labute approximate surface area is 207 Å². The number of nitrogens with one attached hydrogen (secondary N) is 1. The second-order valence-corrected chi connectivity index (χ2v) is 10.0. The van der Waals surface area contributed by atoms with Gasteiger partial charge in [0.25, 0.3) is 0 Å². The average molecular weight is 542 g/mol. The van der Waals surface area contributed by atoms with Gasteiger partial charge < -0.3 is 5.32 Å². The smallest absolute Gasteiger partial charge is 0.349 e. The third-order valence-electron chi connectivity index (χ3n) is 5.74. The fraction of sp³-hybridized carbons (Fsp3) is 0.318. The normalized spacial score (nSPS) is 20.6. The summed E-state index contributed by atoms with van der Waals surface area (Å²) in [5.74, 6) is -2.75. The number of alkyl halides is 4.